The van der Waals surface area contributed by atoms with Gasteiger partial charge in [-0.1, -0.05) is 146 Å². The fourth-order valence-electron chi connectivity index (χ4n) is 7.99. The van der Waals surface area contributed by atoms with Gasteiger partial charge in [0.2, 0.25) is 5.95 Å². The second-order valence-corrected chi connectivity index (χ2v) is 12.9. The highest BCUT2D eigenvalue weighted by Crippen LogP contribution is 2.44. The summed E-state index contributed by atoms with van der Waals surface area (Å²) in [4.78, 5) is 10.9. The number of hydrogen-bond donors (Lipinski definition) is 0. The van der Waals surface area contributed by atoms with Gasteiger partial charge in [-0.25, -0.2) is 9.97 Å². The Kier molecular flexibility index (Phi) is 5.63. The third-order valence-corrected chi connectivity index (χ3v) is 10.2. The van der Waals surface area contributed by atoms with Gasteiger partial charge in [-0.15, -0.1) is 0 Å². The van der Waals surface area contributed by atoms with Crippen LogP contribution in [-0.4, -0.2) is 14.5 Å². The Labute approximate surface area is 286 Å². The van der Waals surface area contributed by atoms with Gasteiger partial charge < -0.3 is 4.42 Å². The monoisotopic (exact) mass is 637 g/mol. The van der Waals surface area contributed by atoms with Gasteiger partial charge in [0.25, 0.3) is 0 Å². The summed E-state index contributed by atoms with van der Waals surface area (Å²) >= 11 is 0. The van der Waals surface area contributed by atoms with Gasteiger partial charge >= 0.3 is 0 Å². The predicted molar refractivity (Wildman–Crippen MR) is 207 cm³/mol. The first-order valence-corrected chi connectivity index (χ1v) is 16.9. The normalized spacial score (nSPS) is 12.0. The molecule has 0 aliphatic rings. The zero-order valence-electron chi connectivity index (χ0n) is 26.8. The minimum Gasteiger partial charge on any atom is -0.455 e. The highest BCUT2D eigenvalue weighted by molar-refractivity contribution is 6.24. The molecule has 0 N–H and O–H groups in total. The van der Waals surface area contributed by atoms with Crippen molar-refractivity contribution in [2.75, 3.05) is 0 Å². The summed E-state index contributed by atoms with van der Waals surface area (Å²) in [6.07, 6.45) is 0. The van der Waals surface area contributed by atoms with Gasteiger partial charge in [-0.05, 0) is 34.4 Å². The molecule has 0 unspecified atom stereocenters. The second kappa shape index (κ2) is 10.4. The number of fused-ring (bicyclic) bond motifs is 11. The van der Waals surface area contributed by atoms with E-state index in [4.69, 9.17) is 14.4 Å². The summed E-state index contributed by atoms with van der Waals surface area (Å²) in [5.41, 5.74) is 8.84. The lowest BCUT2D eigenvalue weighted by atomic mass is 9.98. The first kappa shape index (κ1) is 27.2. The number of nitrogens with zero attached hydrogens (tertiary/aromatic N) is 3. The van der Waals surface area contributed by atoms with Crippen molar-refractivity contribution in [1.29, 1.82) is 0 Å². The van der Waals surface area contributed by atoms with E-state index in [1.54, 1.807) is 0 Å². The summed E-state index contributed by atoms with van der Waals surface area (Å²) < 4.78 is 8.90. The SMILES string of the molecule is c1ccc(-c2nc(-n3c4ccc5ccccc5c4c4cccc(-c5cccc6c5oc5ccccc56)c43)nc3c2ccc2ccccc23)cc1. The molecule has 0 saturated carbocycles. The minimum atomic E-state index is 0.632. The van der Waals surface area contributed by atoms with E-state index in [2.05, 4.69) is 150 Å². The first-order valence-electron chi connectivity index (χ1n) is 16.9. The Morgan fingerprint density at radius 3 is 1.96 bits per heavy atom. The second-order valence-electron chi connectivity index (χ2n) is 12.9. The maximum absolute atomic E-state index is 6.62. The van der Waals surface area contributed by atoms with Crippen LogP contribution in [0.15, 0.2) is 168 Å². The summed E-state index contributed by atoms with van der Waals surface area (Å²) in [7, 11) is 0. The van der Waals surface area contributed by atoms with Crippen molar-refractivity contribution in [3.8, 4) is 28.3 Å². The summed E-state index contributed by atoms with van der Waals surface area (Å²) in [5, 5.41) is 10.2. The number of rotatable bonds is 3. The van der Waals surface area contributed by atoms with Crippen LogP contribution in [0.4, 0.5) is 0 Å². The van der Waals surface area contributed by atoms with Crippen LogP contribution in [0.1, 0.15) is 0 Å². The van der Waals surface area contributed by atoms with Crippen molar-refractivity contribution in [1.82, 2.24) is 14.5 Å². The van der Waals surface area contributed by atoms with Crippen LogP contribution >= 0.6 is 0 Å². The van der Waals surface area contributed by atoms with Gasteiger partial charge in [0, 0.05) is 49.0 Å². The average molecular weight is 638 g/mol. The van der Waals surface area contributed by atoms with Crippen molar-refractivity contribution in [2.24, 2.45) is 0 Å². The van der Waals surface area contributed by atoms with Crippen LogP contribution in [0.3, 0.4) is 0 Å². The number of hydrogen-bond acceptors (Lipinski definition) is 3. The van der Waals surface area contributed by atoms with E-state index in [0.29, 0.717) is 5.95 Å². The average Bonchev–Trinajstić information content (AvgIpc) is 3.74. The fourth-order valence-corrected chi connectivity index (χ4v) is 7.99. The molecule has 4 heteroatoms. The Morgan fingerprint density at radius 1 is 0.440 bits per heavy atom. The summed E-state index contributed by atoms with van der Waals surface area (Å²) in [6, 6.07) is 57.7. The lowest BCUT2D eigenvalue weighted by molar-refractivity contribution is 0.670. The van der Waals surface area contributed by atoms with Gasteiger partial charge in [0.05, 0.1) is 22.2 Å². The molecule has 3 heterocycles. The van der Waals surface area contributed by atoms with Crippen LogP contribution in [-0.2, 0) is 0 Å². The molecule has 50 heavy (non-hydrogen) atoms. The number of aromatic nitrogens is 3. The zero-order valence-corrected chi connectivity index (χ0v) is 26.8. The predicted octanol–water partition coefficient (Wildman–Crippen LogP) is 12.3. The standard InChI is InChI=1S/C46H27N3O/c1-2-14-30(15-3-1)42-38-26-24-29-13-5-7-17-32(29)43(38)48-46(47-42)49-39-27-25-28-12-4-6-16-31(28)41(39)37-22-10-19-34(44(37)49)36-21-11-20-35-33-18-8-9-23-40(33)50-45(35)36/h1-27H. The van der Waals surface area contributed by atoms with Crippen molar-refractivity contribution in [3.05, 3.63) is 164 Å². The van der Waals surface area contributed by atoms with Crippen LogP contribution in [0.2, 0.25) is 0 Å². The van der Waals surface area contributed by atoms with E-state index >= 15 is 0 Å². The molecule has 3 aromatic heterocycles. The van der Waals surface area contributed by atoms with Crippen molar-refractivity contribution >= 4 is 76.2 Å². The van der Waals surface area contributed by atoms with E-state index in [0.717, 1.165) is 82.4 Å². The maximum atomic E-state index is 6.62. The molecule has 0 saturated heterocycles. The Bertz CT molecular complexity index is 3150. The van der Waals surface area contributed by atoms with Crippen LogP contribution in [0.25, 0.3) is 105 Å². The molecule has 11 rings (SSSR count). The topological polar surface area (TPSA) is 43.9 Å². The van der Waals surface area contributed by atoms with Gasteiger partial charge in [-0.3, -0.25) is 4.57 Å². The lowest BCUT2D eigenvalue weighted by Gasteiger charge is -2.15. The largest absolute Gasteiger partial charge is 0.455 e. The zero-order chi connectivity index (χ0) is 32.8. The highest BCUT2D eigenvalue weighted by atomic mass is 16.3. The van der Waals surface area contributed by atoms with Crippen molar-refractivity contribution in [3.63, 3.8) is 0 Å². The quantitative estimate of drug-likeness (QED) is 0.181. The van der Waals surface area contributed by atoms with E-state index in [1.807, 2.05) is 18.2 Å². The van der Waals surface area contributed by atoms with Crippen LogP contribution in [0.5, 0.6) is 0 Å². The number of furan rings is 1. The number of benzene rings is 8. The molecule has 0 radical (unpaired) electrons. The Morgan fingerprint density at radius 2 is 1.10 bits per heavy atom. The molecule has 4 nitrogen and oxygen atoms in total. The highest BCUT2D eigenvalue weighted by Gasteiger charge is 2.23. The van der Waals surface area contributed by atoms with Crippen LogP contribution in [0, 0.1) is 0 Å². The van der Waals surface area contributed by atoms with E-state index in [9.17, 15) is 0 Å². The summed E-state index contributed by atoms with van der Waals surface area (Å²) in [5.74, 6) is 0.632. The lowest BCUT2D eigenvalue weighted by Crippen LogP contribution is -2.04. The third kappa shape index (κ3) is 3.81. The van der Waals surface area contributed by atoms with E-state index in [-0.39, 0.29) is 0 Å². The molecule has 8 aromatic carbocycles. The molecular formula is C46H27N3O. The van der Waals surface area contributed by atoms with Crippen LogP contribution < -0.4 is 0 Å². The Hall–Kier alpha value is -6.78. The molecule has 232 valence electrons. The molecule has 0 amide bonds. The Balaban J connectivity index is 1.34. The molecule has 0 bridgehead atoms. The third-order valence-electron chi connectivity index (χ3n) is 10.2. The number of para-hydroxylation sites is 3. The smallest absolute Gasteiger partial charge is 0.235 e. The fraction of sp³-hybridized carbons (Fsp3) is 0. The molecule has 0 atom stereocenters. The van der Waals surface area contributed by atoms with E-state index in [1.165, 1.54) is 16.2 Å². The molecule has 0 spiro atoms. The minimum absolute atomic E-state index is 0.632. The first-order chi connectivity index (χ1) is 24.8. The van der Waals surface area contributed by atoms with Gasteiger partial charge in [0.15, 0.2) is 0 Å². The van der Waals surface area contributed by atoms with Crippen molar-refractivity contribution < 1.29 is 4.42 Å². The molecule has 11 aromatic rings. The van der Waals surface area contributed by atoms with Gasteiger partial charge in [0.1, 0.15) is 11.2 Å². The maximum Gasteiger partial charge on any atom is 0.235 e. The molecular weight excluding hydrogens is 611 g/mol. The molecule has 0 aliphatic heterocycles. The van der Waals surface area contributed by atoms with Crippen molar-refractivity contribution in [2.45, 2.75) is 0 Å². The molecule has 0 aliphatic carbocycles. The molecule has 0 fully saturated rings. The van der Waals surface area contributed by atoms with Gasteiger partial charge in [-0.2, -0.15) is 0 Å². The summed E-state index contributed by atoms with van der Waals surface area (Å²) in [6.45, 7) is 0. The van der Waals surface area contributed by atoms with E-state index < -0.39 is 0 Å².